The van der Waals surface area contributed by atoms with Crippen molar-refractivity contribution in [3.05, 3.63) is 29.6 Å². The lowest BCUT2D eigenvalue weighted by atomic mass is 10.2. The minimum atomic E-state index is 0.176. The Hall–Kier alpha value is -1.82. The number of aromatic nitrogens is 1. The van der Waals surface area contributed by atoms with Crippen LogP contribution in [0, 0.1) is 5.53 Å². The molecule has 74 valence electrons. The van der Waals surface area contributed by atoms with Crippen molar-refractivity contribution in [1.29, 1.82) is 5.53 Å². The lowest BCUT2D eigenvalue weighted by molar-refractivity contribution is 0.813. The Balaban J connectivity index is 2.98. The van der Waals surface area contributed by atoms with Gasteiger partial charge in [0.15, 0.2) is 0 Å². The number of nitrogens with two attached hydrogens (primary N) is 1. The number of nitrogens with one attached hydrogen (secondary N) is 2. The second-order valence-corrected chi connectivity index (χ2v) is 2.68. The fourth-order valence-electron chi connectivity index (χ4n) is 1.08. The molecule has 0 aliphatic rings. The molecule has 0 radical (unpaired) electrons. The van der Waals surface area contributed by atoms with Crippen LogP contribution in [0.25, 0.3) is 0 Å². The van der Waals surface area contributed by atoms with Gasteiger partial charge in [-0.3, -0.25) is 4.98 Å². The number of pyridine rings is 1. The van der Waals surface area contributed by atoms with E-state index >= 15 is 0 Å². The highest BCUT2D eigenvalue weighted by Crippen LogP contribution is 2.04. The maximum Gasteiger partial charge on any atom is 0.201 e. The van der Waals surface area contributed by atoms with Gasteiger partial charge in [-0.15, -0.1) is 5.11 Å². The van der Waals surface area contributed by atoms with Crippen molar-refractivity contribution < 1.29 is 0 Å². The number of nitrogens with zero attached hydrogens (tertiary/aromatic N) is 3. The van der Waals surface area contributed by atoms with E-state index in [-0.39, 0.29) is 5.84 Å². The van der Waals surface area contributed by atoms with Crippen molar-refractivity contribution in [2.75, 3.05) is 7.05 Å². The highest BCUT2D eigenvalue weighted by molar-refractivity contribution is 5.98. The van der Waals surface area contributed by atoms with Crippen LogP contribution in [0.1, 0.15) is 11.1 Å². The molecule has 1 aromatic rings. The highest BCUT2D eigenvalue weighted by atomic mass is 15.2. The Kier molecular flexibility index (Phi) is 3.69. The summed E-state index contributed by atoms with van der Waals surface area (Å²) in [6.45, 7) is 0.705. The monoisotopic (exact) mass is 192 g/mol. The molecule has 0 spiro atoms. The fraction of sp³-hybridized carbons (Fsp3) is 0.250. The molecule has 1 rings (SSSR count). The Labute approximate surface area is 81.7 Å². The Bertz CT molecular complexity index is 345. The summed E-state index contributed by atoms with van der Waals surface area (Å²) in [6, 6.07) is 1.84. The summed E-state index contributed by atoms with van der Waals surface area (Å²) in [4.78, 5) is 4.00. The van der Waals surface area contributed by atoms with E-state index in [1.54, 1.807) is 12.4 Å². The van der Waals surface area contributed by atoms with Crippen LogP contribution in [0.4, 0.5) is 0 Å². The molecular formula is C8H12N6. The van der Waals surface area contributed by atoms with E-state index in [4.69, 9.17) is 11.4 Å². The smallest absolute Gasteiger partial charge is 0.201 e. The fourth-order valence-corrected chi connectivity index (χ4v) is 1.08. The van der Waals surface area contributed by atoms with Crippen LogP contribution in [0.5, 0.6) is 0 Å². The average Bonchev–Trinajstić information content (AvgIpc) is 2.21. The second kappa shape index (κ2) is 5.03. The Morgan fingerprint density at radius 1 is 1.64 bits per heavy atom. The van der Waals surface area contributed by atoms with Crippen LogP contribution in [-0.4, -0.2) is 17.9 Å². The molecule has 6 nitrogen and oxygen atoms in total. The van der Waals surface area contributed by atoms with E-state index in [1.807, 2.05) is 13.1 Å². The molecule has 6 heteroatoms. The van der Waals surface area contributed by atoms with Gasteiger partial charge >= 0.3 is 0 Å². The van der Waals surface area contributed by atoms with Gasteiger partial charge in [-0.05, 0) is 18.7 Å². The molecule has 1 heterocycles. The summed E-state index contributed by atoms with van der Waals surface area (Å²) in [5.74, 6) is 5.25. The molecule has 0 saturated carbocycles. The Morgan fingerprint density at radius 3 is 3.00 bits per heavy atom. The van der Waals surface area contributed by atoms with Gasteiger partial charge < -0.3 is 11.2 Å². The van der Waals surface area contributed by atoms with Crippen LogP contribution >= 0.6 is 0 Å². The van der Waals surface area contributed by atoms with Crippen molar-refractivity contribution in [1.82, 2.24) is 10.3 Å². The molecule has 0 aliphatic carbocycles. The van der Waals surface area contributed by atoms with Crippen molar-refractivity contribution in [2.24, 2.45) is 16.1 Å². The molecule has 0 bridgehead atoms. The maximum atomic E-state index is 6.84. The van der Waals surface area contributed by atoms with Gasteiger partial charge in [0.25, 0.3) is 0 Å². The number of hydrogen-bond acceptors (Lipinski definition) is 5. The summed E-state index contributed by atoms with van der Waals surface area (Å²) >= 11 is 0. The number of hydrogen-bond donors (Lipinski definition) is 3. The molecule has 14 heavy (non-hydrogen) atoms. The van der Waals surface area contributed by atoms with Crippen molar-refractivity contribution in [3.63, 3.8) is 0 Å². The Morgan fingerprint density at radius 2 is 2.43 bits per heavy atom. The molecule has 4 N–H and O–H groups in total. The van der Waals surface area contributed by atoms with Crippen LogP contribution in [0.3, 0.4) is 0 Å². The van der Waals surface area contributed by atoms with E-state index in [0.717, 1.165) is 5.56 Å². The summed E-state index contributed by atoms with van der Waals surface area (Å²) < 4.78 is 0. The molecule has 0 atom stereocenters. The van der Waals surface area contributed by atoms with Crippen LogP contribution in [0.2, 0.25) is 0 Å². The normalized spacial score (nSPS) is 11.4. The third kappa shape index (κ3) is 2.33. The standard InChI is InChI=1S/C8H12N6/c1-11-3-6-2-7(5-12-4-6)8(13-9)14-10/h2,4-5,9,11H,3,10H2,1H3. The zero-order valence-electron chi connectivity index (χ0n) is 7.86. The lowest BCUT2D eigenvalue weighted by Gasteiger charge is -2.01. The zero-order chi connectivity index (χ0) is 10.4. The largest absolute Gasteiger partial charge is 0.321 e. The van der Waals surface area contributed by atoms with Crippen molar-refractivity contribution in [2.45, 2.75) is 6.54 Å². The minimum Gasteiger partial charge on any atom is -0.321 e. The van der Waals surface area contributed by atoms with Gasteiger partial charge in [-0.25, -0.2) is 5.53 Å². The topological polar surface area (TPSA) is 99.5 Å². The van der Waals surface area contributed by atoms with E-state index in [1.165, 1.54) is 0 Å². The minimum absolute atomic E-state index is 0.176. The van der Waals surface area contributed by atoms with Crippen molar-refractivity contribution in [3.8, 4) is 0 Å². The quantitative estimate of drug-likeness (QED) is 0.213. The average molecular weight is 192 g/mol. The summed E-state index contributed by atoms with van der Waals surface area (Å²) in [5.41, 5.74) is 8.48. The molecule has 0 saturated heterocycles. The van der Waals surface area contributed by atoms with Gasteiger partial charge in [0.1, 0.15) is 0 Å². The van der Waals surface area contributed by atoms with Crippen molar-refractivity contribution >= 4 is 5.84 Å². The third-order valence-corrected chi connectivity index (χ3v) is 1.66. The van der Waals surface area contributed by atoms with Gasteiger partial charge in [-0.1, -0.05) is 0 Å². The van der Waals surface area contributed by atoms with Crippen LogP contribution < -0.4 is 11.2 Å². The first kappa shape index (κ1) is 10.3. The second-order valence-electron chi connectivity index (χ2n) is 2.68. The zero-order valence-corrected chi connectivity index (χ0v) is 7.86. The molecule has 0 aromatic carbocycles. The van der Waals surface area contributed by atoms with Crippen LogP contribution in [-0.2, 0) is 6.54 Å². The number of hydrazone groups is 1. The first-order valence-electron chi connectivity index (χ1n) is 4.06. The SMILES string of the molecule is CNCc1cncc(C(N=N)=NN)c1. The first-order chi connectivity index (χ1) is 6.81. The van der Waals surface area contributed by atoms with Gasteiger partial charge in [0, 0.05) is 24.5 Å². The summed E-state index contributed by atoms with van der Waals surface area (Å²) in [6.07, 6.45) is 3.31. The van der Waals surface area contributed by atoms with Crippen LogP contribution in [0.15, 0.2) is 28.7 Å². The summed E-state index contributed by atoms with van der Waals surface area (Å²) in [5, 5.41) is 9.57. The molecule has 0 unspecified atom stereocenters. The predicted octanol–water partition coefficient (Wildman–Crippen LogP) is 0.452. The van der Waals surface area contributed by atoms with E-state index < -0.39 is 0 Å². The van der Waals surface area contributed by atoms with Gasteiger partial charge in [-0.2, -0.15) is 5.10 Å². The molecule has 1 aromatic heterocycles. The maximum absolute atomic E-state index is 6.84. The first-order valence-corrected chi connectivity index (χ1v) is 4.06. The van der Waals surface area contributed by atoms with Gasteiger partial charge in [0.2, 0.25) is 5.84 Å². The summed E-state index contributed by atoms with van der Waals surface area (Å²) in [7, 11) is 1.85. The van der Waals surface area contributed by atoms with E-state index in [2.05, 4.69) is 20.5 Å². The molecule has 0 aliphatic heterocycles. The molecule has 0 fully saturated rings. The number of amidine groups is 1. The third-order valence-electron chi connectivity index (χ3n) is 1.66. The van der Waals surface area contributed by atoms with E-state index in [0.29, 0.717) is 12.1 Å². The molecular weight excluding hydrogens is 180 g/mol. The predicted molar refractivity (Wildman–Crippen MR) is 52.9 cm³/mol. The number of rotatable bonds is 3. The van der Waals surface area contributed by atoms with E-state index in [9.17, 15) is 0 Å². The van der Waals surface area contributed by atoms with Gasteiger partial charge in [0.05, 0.1) is 0 Å². The lowest BCUT2D eigenvalue weighted by Crippen LogP contribution is -2.07. The highest BCUT2D eigenvalue weighted by Gasteiger charge is 2.02. The molecule has 0 amide bonds.